The molecule has 0 amide bonds. The fraction of sp³-hybridized carbons (Fsp3) is 0. The first kappa shape index (κ1) is 14.8. The fourth-order valence-electron chi connectivity index (χ4n) is 2.27. The monoisotopic (exact) mass is 302 g/mol. The largest absolute Gasteiger partial charge is 0.558 e. The molecule has 3 aromatic rings. The van der Waals surface area contributed by atoms with E-state index in [1.165, 1.54) is 12.1 Å². The van der Waals surface area contributed by atoms with Crippen LogP contribution in [0, 0.1) is 17.1 Å². The van der Waals surface area contributed by atoms with Crippen LogP contribution >= 0.6 is 0 Å². The molecule has 0 atom stereocenters. The lowest BCUT2D eigenvalue weighted by atomic mass is 9.82. The van der Waals surface area contributed by atoms with Gasteiger partial charge in [0.25, 0.3) is 0 Å². The van der Waals surface area contributed by atoms with Gasteiger partial charge in [-0.15, -0.1) is 6.58 Å². The lowest BCUT2D eigenvalue weighted by Crippen LogP contribution is -2.06. The second kappa shape index (κ2) is 6.33. The van der Waals surface area contributed by atoms with E-state index in [9.17, 15) is 4.39 Å². The molecule has 1 aromatic heterocycles. The molecule has 1 heterocycles. The van der Waals surface area contributed by atoms with Crippen molar-refractivity contribution < 1.29 is 9.04 Å². The van der Waals surface area contributed by atoms with Gasteiger partial charge in [0.2, 0.25) is 0 Å². The number of hydrogen-bond acceptors (Lipinski definition) is 3. The predicted octanol–water partition coefficient (Wildman–Crippen LogP) is 3.65. The van der Waals surface area contributed by atoms with Crippen LogP contribution in [0.15, 0.2) is 61.3 Å². The Morgan fingerprint density at radius 2 is 2.04 bits per heavy atom. The van der Waals surface area contributed by atoms with Crippen LogP contribution in [0.25, 0.3) is 16.4 Å². The molecule has 110 valence electrons. The Kier molecular flexibility index (Phi) is 4.07. The van der Waals surface area contributed by atoms with Crippen LogP contribution in [0.2, 0.25) is 0 Å². The summed E-state index contributed by atoms with van der Waals surface area (Å²) in [6.45, 7) is 3.95. The van der Waals surface area contributed by atoms with Crippen molar-refractivity contribution >= 4 is 23.9 Å². The second-order valence-corrected chi connectivity index (χ2v) is 5.03. The van der Waals surface area contributed by atoms with Crippen molar-refractivity contribution in [3.63, 3.8) is 0 Å². The first-order valence-corrected chi connectivity index (χ1v) is 7.03. The molecule has 0 bridgehead atoms. The highest BCUT2D eigenvalue weighted by molar-refractivity contribution is 6.55. The van der Waals surface area contributed by atoms with Gasteiger partial charge in [-0.05, 0) is 35.3 Å². The highest BCUT2D eigenvalue weighted by Gasteiger charge is 2.09. The Morgan fingerprint density at radius 1 is 1.22 bits per heavy atom. The van der Waals surface area contributed by atoms with Crippen molar-refractivity contribution in [3.05, 3.63) is 78.3 Å². The number of pyridine rings is 1. The van der Waals surface area contributed by atoms with Crippen LogP contribution in [0.1, 0.15) is 11.1 Å². The summed E-state index contributed by atoms with van der Waals surface area (Å²) in [4.78, 5) is 4.32. The zero-order valence-corrected chi connectivity index (χ0v) is 12.3. The molecule has 3 nitrogen and oxygen atoms in total. The molecule has 0 spiro atoms. The smallest absolute Gasteiger partial charge is 0.374 e. The van der Waals surface area contributed by atoms with Crippen LogP contribution in [-0.2, 0) is 0 Å². The third-order valence-corrected chi connectivity index (χ3v) is 3.49. The van der Waals surface area contributed by atoms with Crippen LogP contribution < -0.4 is 4.65 Å². The van der Waals surface area contributed by atoms with E-state index in [1.807, 2.05) is 36.4 Å². The summed E-state index contributed by atoms with van der Waals surface area (Å²) in [5.74, 6) is 0.120. The van der Waals surface area contributed by atoms with E-state index in [1.54, 1.807) is 12.3 Å². The zero-order chi connectivity index (χ0) is 16.2. The number of nitrogens with zero attached hydrogens (tertiary/aromatic N) is 2. The molecule has 0 unspecified atom stereocenters. The number of rotatable bonds is 4. The molecule has 0 aliphatic rings. The number of benzene rings is 2. The summed E-state index contributed by atoms with van der Waals surface area (Å²) in [6.07, 6.45) is 1.71. The van der Waals surface area contributed by atoms with E-state index in [4.69, 9.17) is 9.92 Å². The van der Waals surface area contributed by atoms with Crippen molar-refractivity contribution in [3.8, 4) is 11.8 Å². The zero-order valence-electron chi connectivity index (χ0n) is 12.3. The van der Waals surface area contributed by atoms with Gasteiger partial charge in [0.05, 0.1) is 5.56 Å². The standard InChI is InChI=1S/C18H12BFN2O/c1-12(14-7-8-16(20)15(10-14)11-21)19-23-17-6-2-4-13-5-3-9-22-18(13)17/h2-10,19H,1H2. The normalized spacial score (nSPS) is 10.1. The van der Waals surface area contributed by atoms with Crippen LogP contribution in [0.4, 0.5) is 4.39 Å². The molecule has 0 fully saturated rings. The Balaban J connectivity index is 1.80. The van der Waals surface area contributed by atoms with Gasteiger partial charge in [-0.1, -0.05) is 24.3 Å². The highest BCUT2D eigenvalue weighted by Crippen LogP contribution is 2.24. The average molecular weight is 302 g/mol. The molecule has 3 rings (SSSR count). The predicted molar refractivity (Wildman–Crippen MR) is 89.7 cm³/mol. The molecular weight excluding hydrogens is 290 g/mol. The van der Waals surface area contributed by atoms with Gasteiger partial charge in [-0.25, -0.2) is 4.39 Å². The average Bonchev–Trinajstić information content (AvgIpc) is 2.60. The van der Waals surface area contributed by atoms with Gasteiger partial charge < -0.3 is 4.65 Å². The van der Waals surface area contributed by atoms with Gasteiger partial charge in [0.15, 0.2) is 0 Å². The molecule has 0 aliphatic carbocycles. The fourth-order valence-corrected chi connectivity index (χ4v) is 2.27. The number of hydrogen-bond donors (Lipinski definition) is 0. The number of para-hydroxylation sites is 1. The Morgan fingerprint density at radius 3 is 2.87 bits per heavy atom. The van der Waals surface area contributed by atoms with E-state index in [2.05, 4.69) is 11.6 Å². The molecule has 2 aromatic carbocycles. The molecule has 0 N–H and O–H groups in total. The van der Waals surface area contributed by atoms with Crippen LogP contribution in [0.5, 0.6) is 5.75 Å². The highest BCUT2D eigenvalue weighted by atomic mass is 19.1. The number of nitriles is 1. The van der Waals surface area contributed by atoms with E-state index < -0.39 is 5.82 Å². The van der Waals surface area contributed by atoms with Crippen LogP contribution in [0.3, 0.4) is 0 Å². The third kappa shape index (κ3) is 3.07. The number of fused-ring (bicyclic) bond motifs is 1. The SMILES string of the molecule is C=C(BOc1cccc2cccnc12)c1ccc(F)c(C#N)c1. The van der Waals surface area contributed by atoms with Gasteiger partial charge in [-0.3, -0.25) is 4.98 Å². The minimum absolute atomic E-state index is 0.00419. The maximum atomic E-state index is 13.4. The van der Waals surface area contributed by atoms with Gasteiger partial charge >= 0.3 is 7.48 Å². The maximum Gasteiger partial charge on any atom is 0.374 e. The van der Waals surface area contributed by atoms with Gasteiger partial charge in [0, 0.05) is 11.6 Å². The first-order valence-electron chi connectivity index (χ1n) is 7.03. The molecule has 0 saturated carbocycles. The maximum absolute atomic E-state index is 13.4. The molecular formula is C18H12BFN2O. The van der Waals surface area contributed by atoms with E-state index in [0.29, 0.717) is 16.8 Å². The summed E-state index contributed by atoms with van der Waals surface area (Å²) >= 11 is 0. The molecule has 0 radical (unpaired) electrons. The summed E-state index contributed by atoms with van der Waals surface area (Å²) in [6, 6.07) is 15.7. The van der Waals surface area contributed by atoms with Gasteiger partial charge in [0.1, 0.15) is 23.2 Å². The minimum atomic E-state index is -0.539. The lowest BCUT2D eigenvalue weighted by molar-refractivity contribution is 0.611. The van der Waals surface area contributed by atoms with E-state index in [0.717, 1.165) is 10.9 Å². The van der Waals surface area contributed by atoms with Crippen molar-refractivity contribution in [2.75, 3.05) is 0 Å². The number of halogens is 1. The van der Waals surface area contributed by atoms with E-state index in [-0.39, 0.29) is 13.0 Å². The topological polar surface area (TPSA) is 45.9 Å². The summed E-state index contributed by atoms with van der Waals surface area (Å²) < 4.78 is 19.2. The molecule has 0 saturated heterocycles. The second-order valence-electron chi connectivity index (χ2n) is 5.03. The molecule has 0 aliphatic heterocycles. The lowest BCUT2D eigenvalue weighted by Gasteiger charge is -2.10. The van der Waals surface area contributed by atoms with Crippen molar-refractivity contribution in [1.29, 1.82) is 5.26 Å². The molecule has 23 heavy (non-hydrogen) atoms. The summed E-state index contributed by atoms with van der Waals surface area (Å²) in [7, 11) is 0.228. The van der Waals surface area contributed by atoms with E-state index >= 15 is 0 Å². The first-order chi connectivity index (χ1) is 11.2. The van der Waals surface area contributed by atoms with Crippen molar-refractivity contribution in [2.45, 2.75) is 0 Å². The van der Waals surface area contributed by atoms with Gasteiger partial charge in [-0.2, -0.15) is 5.26 Å². The summed E-state index contributed by atoms with van der Waals surface area (Å²) in [5.41, 5.74) is 2.11. The summed E-state index contributed by atoms with van der Waals surface area (Å²) in [5, 5.41) is 9.88. The van der Waals surface area contributed by atoms with Crippen molar-refractivity contribution in [2.24, 2.45) is 0 Å². The quantitative estimate of drug-likeness (QED) is 0.691. The Labute approximate surface area is 133 Å². The third-order valence-electron chi connectivity index (χ3n) is 3.49. The minimum Gasteiger partial charge on any atom is -0.558 e. The Bertz CT molecular complexity index is 928. The van der Waals surface area contributed by atoms with Crippen molar-refractivity contribution in [1.82, 2.24) is 4.98 Å². The molecule has 5 heteroatoms. The Hall–Kier alpha value is -3.13. The number of aromatic nitrogens is 1. The van der Waals surface area contributed by atoms with Crippen LogP contribution in [-0.4, -0.2) is 12.5 Å².